The molecular formula is C32H36O2Si2. The third kappa shape index (κ3) is 5.85. The van der Waals surface area contributed by atoms with Crippen molar-refractivity contribution < 1.29 is 9.16 Å². The van der Waals surface area contributed by atoms with Crippen LogP contribution in [0.5, 0.6) is 0 Å². The Balaban J connectivity index is 1.66. The Morgan fingerprint density at radius 3 is 1.58 bits per heavy atom. The Morgan fingerprint density at radius 1 is 0.639 bits per heavy atom. The fraction of sp³-hybridized carbons (Fsp3) is 0.188. The Labute approximate surface area is 218 Å². The van der Waals surface area contributed by atoms with Crippen molar-refractivity contribution in [2.24, 2.45) is 0 Å². The molecule has 0 amide bonds. The van der Waals surface area contributed by atoms with Gasteiger partial charge in [-0.2, -0.15) is 0 Å². The molecule has 0 saturated heterocycles. The quantitative estimate of drug-likeness (QED) is 0.149. The van der Waals surface area contributed by atoms with Gasteiger partial charge in [0, 0.05) is 0 Å². The molecule has 1 atom stereocenters. The summed E-state index contributed by atoms with van der Waals surface area (Å²) in [5, 5.41) is 4.08. The lowest BCUT2D eigenvalue weighted by Crippen LogP contribution is -2.80. The minimum atomic E-state index is -2.65. The van der Waals surface area contributed by atoms with Crippen LogP contribution in [0.25, 0.3) is 0 Å². The van der Waals surface area contributed by atoms with E-state index in [1.54, 1.807) is 0 Å². The molecular weight excluding hydrogens is 473 g/mol. The molecule has 0 aliphatic rings. The van der Waals surface area contributed by atoms with Crippen molar-refractivity contribution in [3.05, 3.63) is 139 Å². The van der Waals surface area contributed by atoms with Crippen LogP contribution in [0.4, 0.5) is 0 Å². The molecule has 0 spiro atoms. The summed E-state index contributed by atoms with van der Waals surface area (Å²) in [6.07, 6.45) is 4.21. The largest absolute Gasteiger partial charge is 0.404 e. The van der Waals surface area contributed by atoms with E-state index in [1.165, 1.54) is 21.1 Å². The summed E-state index contributed by atoms with van der Waals surface area (Å²) in [6.45, 7) is 8.30. The van der Waals surface area contributed by atoms with Gasteiger partial charge in [0.25, 0.3) is 0 Å². The minimum Gasteiger partial charge on any atom is -0.404 e. The highest BCUT2D eigenvalue weighted by Gasteiger charge is 2.55. The van der Waals surface area contributed by atoms with Crippen molar-refractivity contribution >= 4 is 31.0 Å². The van der Waals surface area contributed by atoms with Gasteiger partial charge in [0.2, 0.25) is 7.83 Å². The van der Waals surface area contributed by atoms with E-state index in [2.05, 4.69) is 135 Å². The van der Waals surface area contributed by atoms with Gasteiger partial charge in [0.1, 0.15) is 7.59 Å². The first-order valence-corrected chi connectivity index (χ1v) is 18.6. The Kier molecular flexibility index (Phi) is 8.89. The van der Waals surface area contributed by atoms with Gasteiger partial charge in [-0.1, -0.05) is 152 Å². The van der Waals surface area contributed by atoms with E-state index >= 15 is 0 Å². The highest BCUT2D eigenvalue weighted by molar-refractivity contribution is 7.52. The predicted molar refractivity (Wildman–Crippen MR) is 157 cm³/mol. The first kappa shape index (κ1) is 26.0. The van der Waals surface area contributed by atoms with Crippen LogP contribution in [0, 0.1) is 0 Å². The smallest absolute Gasteiger partial charge is 0.246 e. The fourth-order valence-corrected chi connectivity index (χ4v) is 19.2. The lowest BCUT2D eigenvalue weighted by Gasteiger charge is -2.45. The second kappa shape index (κ2) is 12.3. The van der Waals surface area contributed by atoms with E-state index in [0.717, 1.165) is 0 Å². The third-order valence-electron chi connectivity index (χ3n) is 6.83. The average molecular weight is 509 g/mol. The second-order valence-corrected chi connectivity index (χ2v) is 22.1. The van der Waals surface area contributed by atoms with Crippen LogP contribution >= 0.6 is 0 Å². The molecule has 0 fully saturated rings. The van der Waals surface area contributed by atoms with Crippen LogP contribution in [-0.2, 0) is 15.8 Å². The van der Waals surface area contributed by atoms with Gasteiger partial charge in [0.15, 0.2) is 0 Å². The molecule has 2 nitrogen and oxygen atoms in total. The molecule has 4 heteroatoms. The van der Waals surface area contributed by atoms with Crippen molar-refractivity contribution in [3.63, 3.8) is 0 Å². The Bertz CT molecular complexity index is 1170. The van der Waals surface area contributed by atoms with E-state index in [0.29, 0.717) is 13.2 Å². The maximum absolute atomic E-state index is 7.35. The van der Waals surface area contributed by atoms with Crippen molar-refractivity contribution in [1.29, 1.82) is 0 Å². The lowest BCUT2D eigenvalue weighted by molar-refractivity contribution is 0.148. The summed E-state index contributed by atoms with van der Waals surface area (Å²) in [5.41, 5.74) is 1.19. The predicted octanol–water partition coefficient (Wildman–Crippen LogP) is 5.62. The van der Waals surface area contributed by atoms with Gasteiger partial charge < -0.3 is 9.16 Å². The van der Waals surface area contributed by atoms with Gasteiger partial charge >= 0.3 is 0 Å². The topological polar surface area (TPSA) is 18.5 Å². The van der Waals surface area contributed by atoms with Crippen molar-refractivity contribution in [1.82, 2.24) is 0 Å². The van der Waals surface area contributed by atoms with Crippen LogP contribution in [0.1, 0.15) is 12.5 Å². The molecule has 0 N–H and O–H groups in total. The molecule has 0 bridgehead atoms. The van der Waals surface area contributed by atoms with Crippen LogP contribution in [0.2, 0.25) is 13.1 Å². The normalized spacial score (nSPS) is 13.1. The van der Waals surface area contributed by atoms with Gasteiger partial charge in [-0.3, -0.25) is 0 Å². The van der Waals surface area contributed by atoms with Crippen molar-refractivity contribution in [2.45, 2.75) is 32.7 Å². The molecule has 0 radical (unpaired) electrons. The molecule has 0 aromatic heterocycles. The van der Waals surface area contributed by atoms with E-state index in [9.17, 15) is 0 Å². The summed E-state index contributed by atoms with van der Waals surface area (Å²) in [7, 11) is -4.80. The van der Waals surface area contributed by atoms with Crippen molar-refractivity contribution in [3.8, 4) is 0 Å². The zero-order valence-corrected chi connectivity index (χ0v) is 23.5. The number of ether oxygens (including phenoxy) is 1. The first-order chi connectivity index (χ1) is 17.5. The molecule has 4 aromatic carbocycles. The number of hydrogen-bond acceptors (Lipinski definition) is 2. The van der Waals surface area contributed by atoms with E-state index in [4.69, 9.17) is 9.16 Å². The van der Waals surface area contributed by atoms with Crippen molar-refractivity contribution in [2.75, 3.05) is 6.61 Å². The third-order valence-corrected chi connectivity index (χ3v) is 21.6. The number of rotatable bonds is 11. The van der Waals surface area contributed by atoms with Gasteiger partial charge in [-0.15, -0.1) is 0 Å². The maximum Gasteiger partial charge on any atom is 0.246 e. The first-order valence-electron chi connectivity index (χ1n) is 12.7. The monoisotopic (exact) mass is 508 g/mol. The van der Waals surface area contributed by atoms with Crippen LogP contribution in [0.3, 0.4) is 0 Å². The Hall–Kier alpha value is -3.03. The maximum atomic E-state index is 7.35. The van der Waals surface area contributed by atoms with Crippen LogP contribution < -0.4 is 15.6 Å². The van der Waals surface area contributed by atoms with E-state index < -0.39 is 15.4 Å². The summed E-state index contributed by atoms with van der Waals surface area (Å²) in [5.74, 6) is 0. The molecule has 0 aliphatic heterocycles. The van der Waals surface area contributed by atoms with Gasteiger partial charge in [0.05, 0.1) is 19.3 Å². The van der Waals surface area contributed by atoms with Gasteiger partial charge in [-0.25, -0.2) is 0 Å². The Morgan fingerprint density at radius 2 is 1.08 bits per heavy atom. The molecule has 0 aliphatic carbocycles. The second-order valence-electron chi connectivity index (χ2n) is 9.66. The van der Waals surface area contributed by atoms with E-state index in [1.807, 2.05) is 18.2 Å². The highest BCUT2D eigenvalue weighted by Crippen LogP contribution is 2.24. The fourth-order valence-electron chi connectivity index (χ4n) is 4.96. The highest BCUT2D eigenvalue weighted by atomic mass is 29.3. The standard InChI is InChI=1S/C32H36O2Si2/c1-28(17-16-26-33-27-29-18-8-4-9-19-29)34-36(31-22-12-6-13-23-31,32-24-14-7-15-25-32)35(2,3)30-20-10-5-11-21-30/h4-25,28H,26-27H2,1-3H3/b17-16+. The summed E-state index contributed by atoms with van der Waals surface area (Å²) < 4.78 is 13.2. The molecule has 1 unspecified atom stereocenters. The lowest BCUT2D eigenvalue weighted by atomic mass is 10.2. The van der Waals surface area contributed by atoms with Crippen LogP contribution in [0.15, 0.2) is 133 Å². The van der Waals surface area contributed by atoms with Crippen LogP contribution in [-0.4, -0.2) is 28.1 Å². The molecule has 4 aromatic rings. The average Bonchev–Trinajstić information content (AvgIpc) is 2.93. The molecule has 0 saturated carbocycles. The summed E-state index contributed by atoms with van der Waals surface area (Å²) >= 11 is 0. The SMILES string of the molecule is CC(/C=C/COCc1ccccc1)O[Si](c1ccccc1)(c1ccccc1)[Si](C)(C)c1ccccc1. The molecule has 4 rings (SSSR count). The number of hydrogen-bond donors (Lipinski definition) is 0. The zero-order chi connectivity index (χ0) is 25.3. The zero-order valence-electron chi connectivity index (χ0n) is 21.5. The van der Waals surface area contributed by atoms with Gasteiger partial charge in [-0.05, 0) is 22.9 Å². The summed E-state index contributed by atoms with van der Waals surface area (Å²) in [6, 6.07) is 43.2. The molecule has 36 heavy (non-hydrogen) atoms. The van der Waals surface area contributed by atoms with E-state index in [-0.39, 0.29) is 6.10 Å². The molecule has 0 heterocycles. The minimum absolute atomic E-state index is 0.0482. The molecule has 184 valence electrons. The number of benzene rings is 4. The summed E-state index contributed by atoms with van der Waals surface area (Å²) in [4.78, 5) is 0.